The number of unbranched alkanes of at least 4 members (excludes halogenated alkanes) is 1. The summed E-state index contributed by atoms with van der Waals surface area (Å²) >= 11 is 1.88. The van der Waals surface area contributed by atoms with Crippen LogP contribution in [-0.4, -0.2) is 4.98 Å². The first kappa shape index (κ1) is 13.5. The molecule has 1 atom stereocenters. The molecule has 98 valence electrons. The van der Waals surface area contributed by atoms with Crippen LogP contribution in [0, 0.1) is 0 Å². The van der Waals surface area contributed by atoms with Gasteiger partial charge in [-0.1, -0.05) is 52.2 Å². The number of hydrogen-bond donors (Lipinski definition) is 0. The summed E-state index contributed by atoms with van der Waals surface area (Å²) in [5.74, 6) is 0. The maximum atomic E-state index is 4.87. The van der Waals surface area contributed by atoms with Gasteiger partial charge in [0.1, 0.15) is 0 Å². The predicted molar refractivity (Wildman–Crippen MR) is 81.4 cm³/mol. The molecule has 0 saturated heterocycles. The fourth-order valence-corrected chi connectivity index (χ4v) is 3.76. The van der Waals surface area contributed by atoms with Crippen molar-refractivity contribution in [1.82, 2.24) is 4.98 Å². The van der Waals surface area contributed by atoms with Crippen LogP contribution in [-0.2, 0) is 5.41 Å². The van der Waals surface area contributed by atoms with E-state index in [1.54, 1.807) is 0 Å². The number of rotatable bonds is 6. The van der Waals surface area contributed by atoms with Crippen molar-refractivity contribution in [2.75, 3.05) is 0 Å². The van der Waals surface area contributed by atoms with Gasteiger partial charge in [-0.25, -0.2) is 4.98 Å². The first-order valence-corrected chi connectivity index (χ1v) is 7.87. The number of aromatic nitrogens is 1. The maximum Gasteiger partial charge on any atom is 0.0997 e. The van der Waals surface area contributed by atoms with E-state index >= 15 is 0 Å². The largest absolute Gasteiger partial charge is 0.241 e. The quantitative estimate of drug-likeness (QED) is 0.665. The smallest absolute Gasteiger partial charge is 0.0997 e. The van der Waals surface area contributed by atoms with Crippen molar-refractivity contribution >= 4 is 21.6 Å². The monoisotopic (exact) mass is 261 g/mol. The van der Waals surface area contributed by atoms with Crippen LogP contribution in [0.15, 0.2) is 24.3 Å². The molecule has 0 aliphatic heterocycles. The Morgan fingerprint density at radius 2 is 1.89 bits per heavy atom. The van der Waals surface area contributed by atoms with Gasteiger partial charge in [0.25, 0.3) is 0 Å². The van der Waals surface area contributed by atoms with E-state index in [2.05, 4.69) is 45.0 Å². The molecule has 2 aromatic rings. The van der Waals surface area contributed by atoms with Crippen molar-refractivity contribution < 1.29 is 0 Å². The van der Waals surface area contributed by atoms with Crippen molar-refractivity contribution in [2.45, 2.75) is 58.3 Å². The molecule has 1 aromatic carbocycles. The van der Waals surface area contributed by atoms with Gasteiger partial charge in [0.2, 0.25) is 0 Å². The second-order valence-corrected chi connectivity index (χ2v) is 6.43. The number of nitrogens with zero attached hydrogens (tertiary/aromatic N) is 1. The van der Waals surface area contributed by atoms with Gasteiger partial charge in [-0.15, -0.1) is 11.3 Å². The highest BCUT2D eigenvalue weighted by Gasteiger charge is 2.28. The normalized spacial score (nSPS) is 14.8. The van der Waals surface area contributed by atoms with Crippen molar-refractivity contribution in [1.29, 1.82) is 0 Å². The second-order valence-electron chi connectivity index (χ2n) is 5.40. The van der Waals surface area contributed by atoms with Crippen LogP contribution in [0.4, 0.5) is 0 Å². The number of hydrogen-bond acceptors (Lipinski definition) is 2. The highest BCUT2D eigenvalue weighted by molar-refractivity contribution is 7.18. The van der Waals surface area contributed by atoms with E-state index in [1.165, 1.54) is 41.8 Å². The molecule has 0 spiro atoms. The molecular formula is C16H23NS. The third kappa shape index (κ3) is 2.74. The topological polar surface area (TPSA) is 12.9 Å². The van der Waals surface area contributed by atoms with Crippen LogP contribution in [0.25, 0.3) is 10.2 Å². The van der Waals surface area contributed by atoms with Crippen LogP contribution in [0.5, 0.6) is 0 Å². The highest BCUT2D eigenvalue weighted by atomic mass is 32.1. The van der Waals surface area contributed by atoms with E-state index in [9.17, 15) is 0 Å². The zero-order valence-corrected chi connectivity index (χ0v) is 12.5. The van der Waals surface area contributed by atoms with Crippen LogP contribution in [0.2, 0.25) is 0 Å². The van der Waals surface area contributed by atoms with Gasteiger partial charge >= 0.3 is 0 Å². The average molecular weight is 261 g/mol. The minimum Gasteiger partial charge on any atom is -0.241 e. The molecule has 1 nitrogen and oxygen atoms in total. The summed E-state index contributed by atoms with van der Waals surface area (Å²) in [6.45, 7) is 6.94. The van der Waals surface area contributed by atoms with E-state index in [-0.39, 0.29) is 5.41 Å². The van der Waals surface area contributed by atoms with Crippen LogP contribution in [0.1, 0.15) is 57.9 Å². The minimum atomic E-state index is 0.272. The lowest BCUT2D eigenvalue weighted by atomic mass is 9.81. The third-order valence-corrected chi connectivity index (χ3v) is 5.04. The summed E-state index contributed by atoms with van der Waals surface area (Å²) in [6, 6.07) is 8.49. The van der Waals surface area contributed by atoms with Gasteiger partial charge in [-0.2, -0.15) is 0 Å². The number of fused-ring (bicyclic) bond motifs is 1. The lowest BCUT2D eigenvalue weighted by Gasteiger charge is -2.26. The summed E-state index contributed by atoms with van der Waals surface area (Å²) < 4.78 is 1.33. The van der Waals surface area contributed by atoms with Crippen LogP contribution < -0.4 is 0 Å². The average Bonchev–Trinajstić information content (AvgIpc) is 2.81. The lowest BCUT2D eigenvalue weighted by molar-refractivity contribution is 0.382. The van der Waals surface area contributed by atoms with Crippen LogP contribution in [0.3, 0.4) is 0 Å². The Morgan fingerprint density at radius 1 is 1.11 bits per heavy atom. The molecule has 0 bridgehead atoms. The Kier molecular flexibility index (Phi) is 4.39. The molecule has 0 fully saturated rings. The summed E-state index contributed by atoms with van der Waals surface area (Å²) in [7, 11) is 0. The standard InChI is InChI=1S/C16H23NS/c1-4-6-12-16(3,11-5-2)15-17-13-9-7-8-10-14(13)18-15/h7-10H,4-6,11-12H2,1-3H3. The molecule has 0 radical (unpaired) electrons. The first-order valence-electron chi connectivity index (χ1n) is 7.05. The number of benzene rings is 1. The van der Waals surface area contributed by atoms with E-state index in [0.29, 0.717) is 0 Å². The van der Waals surface area contributed by atoms with Crippen molar-refractivity contribution in [3.8, 4) is 0 Å². The van der Waals surface area contributed by atoms with Gasteiger partial charge < -0.3 is 0 Å². The molecule has 18 heavy (non-hydrogen) atoms. The van der Waals surface area contributed by atoms with Crippen LogP contribution >= 0.6 is 11.3 Å². The van der Waals surface area contributed by atoms with Gasteiger partial charge in [0.15, 0.2) is 0 Å². The van der Waals surface area contributed by atoms with E-state index in [0.717, 1.165) is 5.52 Å². The van der Waals surface area contributed by atoms with Gasteiger partial charge in [0, 0.05) is 5.41 Å². The molecule has 0 aliphatic rings. The minimum absolute atomic E-state index is 0.272. The third-order valence-electron chi connectivity index (χ3n) is 3.69. The second kappa shape index (κ2) is 5.83. The number of thiazole rings is 1. The van der Waals surface area contributed by atoms with Crippen molar-refractivity contribution in [3.05, 3.63) is 29.3 Å². The van der Waals surface area contributed by atoms with E-state index in [1.807, 2.05) is 11.3 Å². The molecule has 1 heterocycles. The summed E-state index contributed by atoms with van der Waals surface area (Å²) in [5, 5.41) is 1.33. The molecule has 1 aromatic heterocycles. The first-order chi connectivity index (χ1) is 8.69. The maximum absolute atomic E-state index is 4.87. The van der Waals surface area contributed by atoms with Gasteiger partial charge in [-0.3, -0.25) is 0 Å². The zero-order chi connectivity index (χ0) is 13.0. The summed E-state index contributed by atoms with van der Waals surface area (Å²) in [5.41, 5.74) is 1.44. The molecule has 1 unspecified atom stereocenters. The summed E-state index contributed by atoms with van der Waals surface area (Å²) in [4.78, 5) is 4.87. The fourth-order valence-electron chi connectivity index (χ4n) is 2.59. The predicted octanol–water partition coefficient (Wildman–Crippen LogP) is 5.54. The lowest BCUT2D eigenvalue weighted by Crippen LogP contribution is -2.21. The Hall–Kier alpha value is -0.890. The molecule has 0 saturated carbocycles. The van der Waals surface area contributed by atoms with Gasteiger partial charge in [-0.05, 0) is 25.0 Å². The SMILES string of the molecule is CCCCC(C)(CCC)c1nc2ccccc2s1. The molecule has 0 aliphatic carbocycles. The fraction of sp³-hybridized carbons (Fsp3) is 0.562. The number of para-hydroxylation sites is 1. The van der Waals surface area contributed by atoms with Crippen molar-refractivity contribution in [2.24, 2.45) is 0 Å². The molecule has 0 amide bonds. The van der Waals surface area contributed by atoms with Gasteiger partial charge in [0.05, 0.1) is 15.2 Å². The van der Waals surface area contributed by atoms with Crippen molar-refractivity contribution in [3.63, 3.8) is 0 Å². The molecular weight excluding hydrogens is 238 g/mol. The zero-order valence-electron chi connectivity index (χ0n) is 11.7. The molecule has 0 N–H and O–H groups in total. The molecule has 2 heteroatoms. The Bertz CT molecular complexity index is 470. The Balaban J connectivity index is 2.34. The summed E-state index contributed by atoms with van der Waals surface area (Å²) in [6.07, 6.45) is 6.30. The highest BCUT2D eigenvalue weighted by Crippen LogP contribution is 2.38. The Labute approximate surface area is 114 Å². The molecule has 2 rings (SSSR count). The van der Waals surface area contributed by atoms with E-state index < -0.39 is 0 Å². The van der Waals surface area contributed by atoms with E-state index in [4.69, 9.17) is 4.98 Å². The Morgan fingerprint density at radius 3 is 2.56 bits per heavy atom.